The van der Waals surface area contributed by atoms with Gasteiger partial charge in [0.05, 0.1) is 12.5 Å². The zero-order chi connectivity index (χ0) is 16.2. The number of thiophene rings is 1. The van der Waals surface area contributed by atoms with Crippen LogP contribution in [0.15, 0.2) is 17.5 Å². The number of amides is 2. The van der Waals surface area contributed by atoms with E-state index < -0.39 is 0 Å². The number of piperidine rings is 1. The first-order valence-corrected chi connectivity index (χ1v) is 9.35. The summed E-state index contributed by atoms with van der Waals surface area (Å²) in [6, 6.07) is 4.47. The molecule has 0 unspecified atom stereocenters. The third-order valence-electron chi connectivity index (χ3n) is 4.86. The Labute approximate surface area is 141 Å². The first kappa shape index (κ1) is 16.5. The van der Waals surface area contributed by atoms with Crippen LogP contribution >= 0.6 is 11.3 Å². The second-order valence-electron chi connectivity index (χ2n) is 6.53. The largest absolute Gasteiger partial charge is 0.352 e. The van der Waals surface area contributed by atoms with Crippen molar-refractivity contribution in [3.8, 4) is 0 Å². The molecule has 0 aliphatic carbocycles. The molecule has 5 nitrogen and oxygen atoms in total. The summed E-state index contributed by atoms with van der Waals surface area (Å²) in [5.41, 5.74) is 0. The van der Waals surface area contributed by atoms with Gasteiger partial charge in [0.1, 0.15) is 0 Å². The molecule has 2 amide bonds. The average molecular weight is 335 g/mol. The smallest absolute Gasteiger partial charge is 0.222 e. The fourth-order valence-corrected chi connectivity index (χ4v) is 4.60. The van der Waals surface area contributed by atoms with Crippen LogP contribution in [0.4, 0.5) is 0 Å². The van der Waals surface area contributed by atoms with Crippen LogP contribution in [0, 0.1) is 0 Å². The Balaban J connectivity index is 1.57. The van der Waals surface area contributed by atoms with E-state index in [-0.39, 0.29) is 23.9 Å². The van der Waals surface area contributed by atoms with Crippen LogP contribution < -0.4 is 10.6 Å². The van der Waals surface area contributed by atoms with Gasteiger partial charge in [-0.1, -0.05) is 12.5 Å². The monoisotopic (exact) mass is 335 g/mol. The number of carbonyl (C=O) groups is 2. The standard InChI is InChI=1S/C17H25N3O2S/c1-12(21)18-14(16-6-4-10-23-16)11-17(22)19-13-7-9-20-8-3-2-5-15(13)20/h4,6,10,13-15H,2-3,5,7-9,11H2,1H3,(H,18,21)(H,19,22)/t13-,14+,15+/m0/s1. The Kier molecular flexibility index (Phi) is 5.33. The van der Waals surface area contributed by atoms with E-state index in [9.17, 15) is 9.59 Å². The van der Waals surface area contributed by atoms with Gasteiger partial charge in [-0.2, -0.15) is 0 Å². The van der Waals surface area contributed by atoms with Gasteiger partial charge in [0.15, 0.2) is 0 Å². The third kappa shape index (κ3) is 4.12. The molecule has 2 aliphatic rings. The van der Waals surface area contributed by atoms with E-state index in [2.05, 4.69) is 15.5 Å². The zero-order valence-electron chi connectivity index (χ0n) is 13.6. The van der Waals surface area contributed by atoms with Crippen molar-refractivity contribution >= 4 is 23.2 Å². The fraction of sp³-hybridized carbons (Fsp3) is 0.647. The molecule has 126 valence electrons. The van der Waals surface area contributed by atoms with Crippen molar-refractivity contribution in [1.82, 2.24) is 15.5 Å². The molecule has 1 aromatic heterocycles. The molecule has 0 spiro atoms. The lowest BCUT2D eigenvalue weighted by atomic mass is 9.99. The highest BCUT2D eigenvalue weighted by atomic mass is 32.1. The molecule has 2 N–H and O–H groups in total. The molecule has 0 bridgehead atoms. The molecule has 3 heterocycles. The normalized spacial score (nSPS) is 25.6. The van der Waals surface area contributed by atoms with E-state index in [1.54, 1.807) is 11.3 Å². The van der Waals surface area contributed by atoms with E-state index in [0.717, 1.165) is 17.8 Å². The van der Waals surface area contributed by atoms with Crippen LogP contribution in [0.5, 0.6) is 0 Å². The van der Waals surface area contributed by atoms with Crippen LogP contribution in [0.1, 0.15) is 49.9 Å². The summed E-state index contributed by atoms with van der Waals surface area (Å²) in [5, 5.41) is 8.08. The highest BCUT2D eigenvalue weighted by molar-refractivity contribution is 7.10. The Morgan fingerprint density at radius 2 is 2.22 bits per heavy atom. The van der Waals surface area contributed by atoms with Gasteiger partial charge in [0.2, 0.25) is 11.8 Å². The van der Waals surface area contributed by atoms with Crippen molar-refractivity contribution in [2.45, 2.75) is 57.2 Å². The molecule has 6 heteroatoms. The summed E-state index contributed by atoms with van der Waals surface area (Å²) in [6.07, 6.45) is 5.08. The lowest BCUT2D eigenvalue weighted by molar-refractivity contribution is -0.123. The number of hydrogen-bond donors (Lipinski definition) is 2. The van der Waals surface area contributed by atoms with E-state index in [1.807, 2.05) is 17.5 Å². The maximum atomic E-state index is 12.5. The number of nitrogens with zero attached hydrogens (tertiary/aromatic N) is 1. The van der Waals surface area contributed by atoms with Crippen molar-refractivity contribution in [1.29, 1.82) is 0 Å². The third-order valence-corrected chi connectivity index (χ3v) is 5.84. The van der Waals surface area contributed by atoms with Gasteiger partial charge < -0.3 is 10.6 Å². The van der Waals surface area contributed by atoms with Crippen molar-refractivity contribution in [3.05, 3.63) is 22.4 Å². The molecule has 0 saturated carbocycles. The topological polar surface area (TPSA) is 61.4 Å². The van der Waals surface area contributed by atoms with Crippen LogP contribution in [-0.4, -0.2) is 41.9 Å². The lowest BCUT2D eigenvalue weighted by Gasteiger charge is -2.32. The second kappa shape index (κ2) is 7.45. The average Bonchev–Trinajstić information content (AvgIpc) is 3.16. The quantitative estimate of drug-likeness (QED) is 0.866. The minimum absolute atomic E-state index is 0.0366. The van der Waals surface area contributed by atoms with Gasteiger partial charge in [-0.25, -0.2) is 0 Å². The van der Waals surface area contributed by atoms with Crippen LogP contribution in [0.2, 0.25) is 0 Å². The van der Waals surface area contributed by atoms with Gasteiger partial charge in [-0.05, 0) is 37.3 Å². The Bertz CT molecular complexity index is 546. The maximum Gasteiger partial charge on any atom is 0.222 e. The number of fused-ring (bicyclic) bond motifs is 1. The fourth-order valence-electron chi connectivity index (χ4n) is 3.82. The van der Waals surface area contributed by atoms with E-state index in [1.165, 1.54) is 32.7 Å². The highest BCUT2D eigenvalue weighted by Crippen LogP contribution is 2.28. The summed E-state index contributed by atoms with van der Waals surface area (Å²) in [4.78, 5) is 27.4. The molecule has 0 radical (unpaired) electrons. The van der Waals surface area contributed by atoms with Crippen molar-refractivity contribution in [2.75, 3.05) is 13.1 Å². The summed E-state index contributed by atoms with van der Waals surface area (Å²) >= 11 is 1.57. The predicted octanol–water partition coefficient (Wildman–Crippen LogP) is 2.06. The summed E-state index contributed by atoms with van der Waals surface area (Å²) < 4.78 is 0. The first-order valence-electron chi connectivity index (χ1n) is 8.47. The van der Waals surface area contributed by atoms with E-state index in [4.69, 9.17) is 0 Å². The van der Waals surface area contributed by atoms with Crippen LogP contribution in [-0.2, 0) is 9.59 Å². The molecule has 3 atom stereocenters. The van der Waals surface area contributed by atoms with Crippen molar-refractivity contribution in [3.63, 3.8) is 0 Å². The summed E-state index contributed by atoms with van der Waals surface area (Å²) in [7, 11) is 0. The molecule has 3 rings (SSSR count). The van der Waals surface area contributed by atoms with E-state index in [0.29, 0.717) is 12.5 Å². The minimum atomic E-state index is -0.226. The number of nitrogens with one attached hydrogen (secondary N) is 2. The first-order chi connectivity index (χ1) is 11.1. The summed E-state index contributed by atoms with van der Waals surface area (Å²) in [5.74, 6) is -0.0647. The Morgan fingerprint density at radius 1 is 1.35 bits per heavy atom. The molecule has 1 aromatic rings. The zero-order valence-corrected chi connectivity index (χ0v) is 14.4. The number of carbonyl (C=O) groups excluding carboxylic acids is 2. The van der Waals surface area contributed by atoms with Gasteiger partial charge in [-0.3, -0.25) is 14.5 Å². The number of rotatable bonds is 5. The summed E-state index contributed by atoms with van der Waals surface area (Å²) in [6.45, 7) is 3.76. The van der Waals surface area contributed by atoms with Crippen molar-refractivity contribution in [2.24, 2.45) is 0 Å². The maximum absolute atomic E-state index is 12.5. The van der Waals surface area contributed by atoms with Crippen molar-refractivity contribution < 1.29 is 9.59 Å². The highest BCUT2D eigenvalue weighted by Gasteiger charge is 2.36. The molecule has 2 aliphatic heterocycles. The molecule has 2 fully saturated rings. The lowest BCUT2D eigenvalue weighted by Crippen LogP contribution is -2.47. The van der Waals surface area contributed by atoms with Gasteiger partial charge in [0.25, 0.3) is 0 Å². The number of hydrogen-bond acceptors (Lipinski definition) is 4. The molecule has 23 heavy (non-hydrogen) atoms. The Hall–Kier alpha value is -1.40. The molecular formula is C17H25N3O2S. The Morgan fingerprint density at radius 3 is 2.96 bits per heavy atom. The van der Waals surface area contributed by atoms with Gasteiger partial charge >= 0.3 is 0 Å². The van der Waals surface area contributed by atoms with Gasteiger partial charge in [-0.15, -0.1) is 11.3 Å². The predicted molar refractivity (Wildman–Crippen MR) is 91.3 cm³/mol. The van der Waals surface area contributed by atoms with Gasteiger partial charge in [0, 0.05) is 30.4 Å². The SMILES string of the molecule is CC(=O)N[C@H](CC(=O)N[C@H]1CCN2CCCC[C@H]12)c1cccs1. The van der Waals surface area contributed by atoms with Crippen LogP contribution in [0.25, 0.3) is 0 Å². The van der Waals surface area contributed by atoms with E-state index >= 15 is 0 Å². The molecule has 0 aromatic carbocycles. The second-order valence-corrected chi connectivity index (χ2v) is 7.51. The van der Waals surface area contributed by atoms with Crippen LogP contribution in [0.3, 0.4) is 0 Å². The molecular weight excluding hydrogens is 310 g/mol. The minimum Gasteiger partial charge on any atom is -0.352 e. The molecule has 2 saturated heterocycles.